The first-order chi connectivity index (χ1) is 11.7. The summed E-state index contributed by atoms with van der Waals surface area (Å²) in [6.45, 7) is 8.42. The topological polar surface area (TPSA) is 45.7 Å². The zero-order chi connectivity index (χ0) is 17.3. The van der Waals surface area contributed by atoms with Crippen LogP contribution in [0.5, 0.6) is 0 Å². The molecule has 1 aliphatic heterocycles. The average molecular weight is 352 g/mol. The van der Waals surface area contributed by atoms with E-state index < -0.39 is 0 Å². The Labute approximate surface area is 151 Å². The van der Waals surface area contributed by atoms with Crippen LogP contribution in [-0.4, -0.2) is 38.8 Å². The fraction of sp³-hybridized carbons (Fsp3) is 0.632. The first-order valence-corrected chi connectivity index (χ1v) is 9.44. The molecular formula is C19H30ClN3O. The molecule has 1 fully saturated rings. The second-order valence-corrected chi connectivity index (χ2v) is 6.81. The highest BCUT2D eigenvalue weighted by molar-refractivity contribution is 6.30. The highest BCUT2D eigenvalue weighted by atomic mass is 35.5. The lowest BCUT2D eigenvalue weighted by Crippen LogP contribution is -2.41. The Hall–Kier alpha value is -1.26. The highest BCUT2D eigenvalue weighted by Crippen LogP contribution is 2.36. The third-order valence-corrected chi connectivity index (χ3v) is 4.83. The van der Waals surface area contributed by atoms with Gasteiger partial charge in [0.25, 0.3) is 0 Å². The maximum Gasteiger partial charge on any atom is 0.191 e. The van der Waals surface area contributed by atoms with Crippen LogP contribution in [0.1, 0.15) is 45.1 Å². The number of rotatable bonds is 7. The van der Waals surface area contributed by atoms with Crippen LogP contribution in [-0.2, 0) is 10.2 Å². The molecule has 0 saturated carbocycles. The average Bonchev–Trinajstić information content (AvgIpc) is 2.61. The first kappa shape index (κ1) is 19.1. The van der Waals surface area contributed by atoms with E-state index in [9.17, 15) is 0 Å². The van der Waals surface area contributed by atoms with Crippen LogP contribution < -0.4 is 10.6 Å². The molecule has 24 heavy (non-hydrogen) atoms. The third kappa shape index (κ3) is 5.38. The minimum Gasteiger partial charge on any atom is -0.381 e. The maximum atomic E-state index is 6.23. The number of guanidine groups is 1. The van der Waals surface area contributed by atoms with E-state index in [4.69, 9.17) is 21.3 Å². The van der Waals surface area contributed by atoms with Crippen LogP contribution >= 0.6 is 11.6 Å². The predicted molar refractivity (Wildman–Crippen MR) is 102 cm³/mol. The van der Waals surface area contributed by atoms with Crippen molar-refractivity contribution in [2.75, 3.05) is 32.8 Å². The number of aliphatic imine (C=N–C) groups is 1. The summed E-state index contributed by atoms with van der Waals surface area (Å²) in [4.78, 5) is 4.88. The Bertz CT molecular complexity index is 527. The van der Waals surface area contributed by atoms with Gasteiger partial charge in [-0.05, 0) is 43.9 Å². The van der Waals surface area contributed by atoms with E-state index in [0.29, 0.717) is 0 Å². The van der Waals surface area contributed by atoms with Gasteiger partial charge in [0.2, 0.25) is 0 Å². The number of unbranched alkanes of at least 4 members (excludes halogenated alkanes) is 1. The minimum absolute atomic E-state index is 0.0102. The van der Waals surface area contributed by atoms with E-state index in [1.54, 1.807) is 0 Å². The van der Waals surface area contributed by atoms with Crippen molar-refractivity contribution < 1.29 is 4.74 Å². The van der Waals surface area contributed by atoms with Crippen molar-refractivity contribution in [2.45, 2.75) is 44.9 Å². The summed E-state index contributed by atoms with van der Waals surface area (Å²) in [5, 5.41) is 7.55. The molecule has 0 aliphatic carbocycles. The lowest BCUT2D eigenvalue weighted by molar-refractivity contribution is 0.0531. The molecule has 5 heteroatoms. The first-order valence-electron chi connectivity index (χ1n) is 9.06. The second kappa shape index (κ2) is 9.90. The van der Waals surface area contributed by atoms with Crippen LogP contribution in [0.25, 0.3) is 0 Å². The molecule has 0 atom stereocenters. The van der Waals surface area contributed by atoms with Gasteiger partial charge in [0.05, 0.1) is 6.54 Å². The number of hydrogen-bond donors (Lipinski definition) is 2. The van der Waals surface area contributed by atoms with Crippen LogP contribution in [0, 0.1) is 0 Å². The van der Waals surface area contributed by atoms with E-state index in [0.717, 1.165) is 63.1 Å². The summed E-state index contributed by atoms with van der Waals surface area (Å²) in [5.74, 6) is 0.902. The summed E-state index contributed by atoms with van der Waals surface area (Å²) in [7, 11) is 0. The Morgan fingerprint density at radius 3 is 2.71 bits per heavy atom. The van der Waals surface area contributed by atoms with Crippen molar-refractivity contribution >= 4 is 17.6 Å². The zero-order valence-electron chi connectivity index (χ0n) is 14.9. The van der Waals surface area contributed by atoms with E-state index in [2.05, 4.69) is 36.6 Å². The van der Waals surface area contributed by atoms with E-state index in [1.165, 1.54) is 12.0 Å². The predicted octanol–water partition coefficient (Wildman–Crippen LogP) is 3.74. The summed E-state index contributed by atoms with van der Waals surface area (Å²) in [6, 6.07) is 8.21. The number of nitrogens with one attached hydrogen (secondary N) is 2. The van der Waals surface area contributed by atoms with Crippen molar-refractivity contribution in [2.24, 2.45) is 4.99 Å². The van der Waals surface area contributed by atoms with Gasteiger partial charge in [-0.2, -0.15) is 0 Å². The molecule has 1 saturated heterocycles. The Morgan fingerprint density at radius 2 is 2.04 bits per heavy atom. The number of hydrogen-bond acceptors (Lipinski definition) is 2. The summed E-state index contributed by atoms with van der Waals surface area (Å²) in [5.41, 5.74) is 1.28. The largest absolute Gasteiger partial charge is 0.381 e. The van der Waals surface area contributed by atoms with Gasteiger partial charge in [0.1, 0.15) is 0 Å². The minimum atomic E-state index is 0.0102. The van der Waals surface area contributed by atoms with Crippen molar-refractivity contribution in [1.82, 2.24) is 10.6 Å². The fourth-order valence-corrected chi connectivity index (χ4v) is 3.26. The lowest BCUT2D eigenvalue weighted by atomic mass is 9.74. The summed E-state index contributed by atoms with van der Waals surface area (Å²) in [6.07, 6.45) is 4.28. The Kier molecular flexibility index (Phi) is 7.86. The molecule has 0 amide bonds. The quantitative estimate of drug-likeness (QED) is 0.447. The van der Waals surface area contributed by atoms with Crippen molar-refractivity contribution in [1.29, 1.82) is 0 Å². The van der Waals surface area contributed by atoms with Crippen molar-refractivity contribution in [3.63, 3.8) is 0 Å². The lowest BCUT2D eigenvalue weighted by Gasteiger charge is -2.36. The van der Waals surface area contributed by atoms with Gasteiger partial charge >= 0.3 is 0 Å². The molecule has 0 radical (unpaired) electrons. The summed E-state index contributed by atoms with van der Waals surface area (Å²) >= 11 is 6.23. The second-order valence-electron chi connectivity index (χ2n) is 6.38. The Morgan fingerprint density at radius 1 is 1.25 bits per heavy atom. The molecule has 1 aliphatic rings. The summed E-state index contributed by atoms with van der Waals surface area (Å²) < 4.78 is 5.60. The molecule has 134 valence electrons. The van der Waals surface area contributed by atoms with E-state index in [1.807, 2.05) is 12.1 Å². The fourth-order valence-electron chi connectivity index (χ4n) is 3.07. The van der Waals surface area contributed by atoms with E-state index in [-0.39, 0.29) is 5.41 Å². The van der Waals surface area contributed by atoms with Crippen molar-refractivity contribution in [3.8, 4) is 0 Å². The molecule has 0 bridgehead atoms. The van der Waals surface area contributed by atoms with E-state index >= 15 is 0 Å². The molecule has 1 heterocycles. The third-order valence-electron chi connectivity index (χ3n) is 4.59. The molecule has 4 nitrogen and oxygen atoms in total. The molecule has 1 aromatic carbocycles. The smallest absolute Gasteiger partial charge is 0.191 e. The molecule has 1 aromatic rings. The van der Waals surface area contributed by atoms with Gasteiger partial charge in [0.15, 0.2) is 5.96 Å². The zero-order valence-corrected chi connectivity index (χ0v) is 15.7. The highest BCUT2D eigenvalue weighted by Gasteiger charge is 2.34. The van der Waals surface area contributed by atoms with Gasteiger partial charge in [-0.1, -0.05) is 37.1 Å². The maximum absolute atomic E-state index is 6.23. The number of halogens is 1. The van der Waals surface area contributed by atoms with Gasteiger partial charge in [0, 0.05) is 36.7 Å². The monoisotopic (exact) mass is 351 g/mol. The number of nitrogens with zero attached hydrogens (tertiary/aromatic N) is 1. The molecule has 0 spiro atoms. The standard InChI is InChI=1S/C19H30ClN3O/c1-3-5-11-22-18(21-4-2)23-15-19(9-12-24-13-10-19)16-7-6-8-17(20)14-16/h6-8,14H,3-5,9-13,15H2,1-2H3,(H2,21,22,23). The number of benzene rings is 1. The van der Waals surface area contributed by atoms with Gasteiger partial charge in [-0.25, -0.2) is 0 Å². The molecule has 0 aromatic heterocycles. The van der Waals surface area contributed by atoms with Crippen LogP contribution in [0.4, 0.5) is 0 Å². The van der Waals surface area contributed by atoms with Gasteiger partial charge < -0.3 is 15.4 Å². The van der Waals surface area contributed by atoms with Gasteiger partial charge in [-0.15, -0.1) is 0 Å². The SMILES string of the molecule is CCCCNC(=NCC1(c2cccc(Cl)c2)CCOCC1)NCC. The molecule has 2 N–H and O–H groups in total. The normalized spacial score (nSPS) is 17.5. The molecule has 0 unspecified atom stereocenters. The molecular weight excluding hydrogens is 322 g/mol. The molecule has 2 rings (SSSR count). The van der Waals surface area contributed by atoms with Gasteiger partial charge in [-0.3, -0.25) is 4.99 Å². The van der Waals surface area contributed by atoms with Crippen LogP contribution in [0.15, 0.2) is 29.3 Å². The van der Waals surface area contributed by atoms with Crippen LogP contribution in [0.3, 0.4) is 0 Å². The van der Waals surface area contributed by atoms with Crippen molar-refractivity contribution in [3.05, 3.63) is 34.9 Å². The Balaban J connectivity index is 2.16. The number of ether oxygens (including phenoxy) is 1. The van der Waals surface area contributed by atoms with Crippen LogP contribution in [0.2, 0.25) is 5.02 Å².